The van der Waals surface area contributed by atoms with Crippen molar-refractivity contribution in [2.45, 2.75) is 124 Å². The second-order valence-corrected chi connectivity index (χ2v) is 19.1. The number of ether oxygens (including phenoxy) is 3. The van der Waals surface area contributed by atoms with E-state index in [2.05, 4.69) is 15.6 Å². The van der Waals surface area contributed by atoms with Crippen LogP contribution in [0.3, 0.4) is 0 Å². The molecule has 0 bridgehead atoms. The highest BCUT2D eigenvalue weighted by atomic mass is 32.1. The van der Waals surface area contributed by atoms with Gasteiger partial charge in [-0.15, -0.1) is 11.3 Å². The molecule has 1 heterocycles. The number of amides is 3. The number of esters is 2. The van der Waals surface area contributed by atoms with Crippen LogP contribution >= 0.6 is 11.3 Å². The lowest BCUT2D eigenvalue weighted by Gasteiger charge is -2.38. The SMILES string of the molecule is CC[C@H](C)[C@H](NC(=O)C(C)(C)N(C)C)C(=O)N(C)[C@H](C[C@@H](OC(C)=O)c1nc(C(=O)N[C@@H](Cc2ccc(OCc3ccccc3)c(N)c2)C[C@H](C)C(=O)OCc2ccccc2)cs1)C(C)C. The Hall–Kier alpha value is -5.80. The van der Waals surface area contributed by atoms with Gasteiger partial charge in [-0.25, -0.2) is 4.98 Å². The molecule has 358 valence electrons. The fourth-order valence-electron chi connectivity index (χ4n) is 7.35. The minimum Gasteiger partial charge on any atom is -0.487 e. The number of carbonyl (C=O) groups is 5. The first-order valence-electron chi connectivity index (χ1n) is 22.7. The van der Waals surface area contributed by atoms with Gasteiger partial charge in [0.25, 0.3) is 5.91 Å². The van der Waals surface area contributed by atoms with E-state index in [0.717, 1.165) is 16.7 Å². The molecular weight excluding hydrogens is 857 g/mol. The molecule has 15 heteroatoms. The number of benzene rings is 3. The summed E-state index contributed by atoms with van der Waals surface area (Å²) >= 11 is 1.17. The number of nitrogens with one attached hydrogen (secondary N) is 2. The lowest BCUT2D eigenvalue weighted by Crippen LogP contribution is -2.60. The molecule has 0 aliphatic carbocycles. The molecule has 4 N–H and O–H groups in total. The highest BCUT2D eigenvalue weighted by Gasteiger charge is 2.39. The summed E-state index contributed by atoms with van der Waals surface area (Å²) in [6.45, 7) is 15.0. The summed E-state index contributed by atoms with van der Waals surface area (Å²) in [5.74, 6) is -2.26. The number of carbonyl (C=O) groups excluding carboxylic acids is 5. The maximum absolute atomic E-state index is 14.3. The molecule has 4 rings (SSSR count). The van der Waals surface area contributed by atoms with Crippen LogP contribution in [0.4, 0.5) is 5.69 Å². The Morgan fingerprint density at radius 1 is 0.833 bits per heavy atom. The zero-order valence-electron chi connectivity index (χ0n) is 40.5. The predicted molar refractivity (Wildman–Crippen MR) is 258 cm³/mol. The molecule has 3 amide bonds. The van der Waals surface area contributed by atoms with E-state index in [1.165, 1.54) is 18.3 Å². The summed E-state index contributed by atoms with van der Waals surface area (Å²) in [4.78, 5) is 75.8. The summed E-state index contributed by atoms with van der Waals surface area (Å²) in [6.07, 6.45) is 0.541. The number of nitrogens with two attached hydrogens (primary N) is 1. The average Bonchev–Trinajstić information content (AvgIpc) is 3.79. The molecule has 4 aromatic rings. The first-order valence-corrected chi connectivity index (χ1v) is 23.5. The third-order valence-corrected chi connectivity index (χ3v) is 13.2. The number of likely N-dealkylation sites (N-methyl/N-ethyl adjacent to an activating group) is 2. The molecule has 6 atom stereocenters. The first-order chi connectivity index (χ1) is 31.2. The summed E-state index contributed by atoms with van der Waals surface area (Å²) in [7, 11) is 5.33. The Bertz CT molecular complexity index is 2220. The maximum atomic E-state index is 14.3. The zero-order valence-corrected chi connectivity index (χ0v) is 41.3. The number of anilines is 1. The van der Waals surface area contributed by atoms with E-state index >= 15 is 0 Å². The van der Waals surface area contributed by atoms with E-state index in [1.54, 1.807) is 55.1 Å². The highest BCUT2D eigenvalue weighted by Crippen LogP contribution is 2.32. The molecule has 0 aliphatic rings. The number of thiazole rings is 1. The second kappa shape index (κ2) is 24.6. The van der Waals surface area contributed by atoms with Gasteiger partial charge in [-0.3, -0.25) is 28.9 Å². The fourth-order valence-corrected chi connectivity index (χ4v) is 8.19. The van der Waals surface area contributed by atoms with E-state index in [9.17, 15) is 24.0 Å². The average molecular weight is 927 g/mol. The number of nitrogen functional groups attached to an aromatic ring is 1. The molecule has 14 nitrogen and oxygen atoms in total. The highest BCUT2D eigenvalue weighted by molar-refractivity contribution is 7.09. The van der Waals surface area contributed by atoms with Crippen molar-refractivity contribution in [2.75, 3.05) is 26.9 Å². The number of aromatic nitrogens is 1. The molecule has 0 spiro atoms. The Kier molecular flexibility index (Phi) is 19.7. The lowest BCUT2D eigenvalue weighted by atomic mass is 9.92. The van der Waals surface area contributed by atoms with E-state index in [1.807, 2.05) is 109 Å². The molecule has 3 aromatic carbocycles. The van der Waals surface area contributed by atoms with Gasteiger partial charge in [0.15, 0.2) is 6.10 Å². The van der Waals surface area contributed by atoms with Crippen molar-refractivity contribution in [3.63, 3.8) is 0 Å². The Morgan fingerprint density at radius 2 is 1.45 bits per heavy atom. The van der Waals surface area contributed by atoms with E-state index in [0.29, 0.717) is 35.9 Å². The molecule has 0 radical (unpaired) electrons. The molecule has 0 saturated carbocycles. The first kappa shape index (κ1) is 52.8. The predicted octanol–water partition coefficient (Wildman–Crippen LogP) is 7.76. The van der Waals surface area contributed by atoms with Gasteiger partial charge in [0.2, 0.25) is 11.8 Å². The summed E-state index contributed by atoms with van der Waals surface area (Å²) in [6, 6.07) is 22.9. The summed E-state index contributed by atoms with van der Waals surface area (Å²) in [5, 5.41) is 8.11. The van der Waals surface area contributed by atoms with Crippen LogP contribution in [0.25, 0.3) is 0 Å². The Labute approximate surface area is 395 Å². The molecule has 0 saturated heterocycles. The summed E-state index contributed by atoms with van der Waals surface area (Å²) in [5.41, 5.74) is 8.82. The van der Waals surface area contributed by atoms with Crippen LogP contribution in [0.2, 0.25) is 0 Å². The smallest absolute Gasteiger partial charge is 0.309 e. The topological polar surface area (TPSA) is 182 Å². The quantitative estimate of drug-likeness (QED) is 0.0461. The van der Waals surface area contributed by atoms with Crippen LogP contribution in [-0.4, -0.2) is 89.3 Å². The van der Waals surface area contributed by atoms with Crippen molar-refractivity contribution in [3.8, 4) is 5.75 Å². The van der Waals surface area contributed by atoms with Gasteiger partial charge in [-0.1, -0.05) is 108 Å². The minimum absolute atomic E-state index is 0.0908. The lowest BCUT2D eigenvalue weighted by molar-refractivity contribution is -0.150. The van der Waals surface area contributed by atoms with Crippen molar-refractivity contribution in [1.29, 1.82) is 0 Å². The van der Waals surface area contributed by atoms with Crippen LogP contribution < -0.4 is 21.1 Å². The van der Waals surface area contributed by atoms with Gasteiger partial charge >= 0.3 is 11.9 Å². The van der Waals surface area contributed by atoms with Crippen LogP contribution in [0.15, 0.2) is 84.2 Å². The second-order valence-electron chi connectivity index (χ2n) is 18.2. The van der Waals surface area contributed by atoms with E-state index in [4.69, 9.17) is 19.9 Å². The number of hydrogen-bond donors (Lipinski definition) is 3. The summed E-state index contributed by atoms with van der Waals surface area (Å²) < 4.78 is 17.5. The molecule has 0 unspecified atom stereocenters. The molecule has 66 heavy (non-hydrogen) atoms. The molecule has 0 aliphatic heterocycles. The monoisotopic (exact) mass is 926 g/mol. The van der Waals surface area contributed by atoms with Gasteiger partial charge in [-0.05, 0) is 81.4 Å². The van der Waals surface area contributed by atoms with E-state index in [-0.39, 0.29) is 48.8 Å². The number of rotatable bonds is 24. The normalized spacial score (nSPS) is 14.3. The zero-order chi connectivity index (χ0) is 48.7. The van der Waals surface area contributed by atoms with Gasteiger partial charge < -0.3 is 35.5 Å². The Morgan fingerprint density at radius 3 is 2.02 bits per heavy atom. The molecule has 0 fully saturated rings. The van der Waals surface area contributed by atoms with Crippen molar-refractivity contribution < 1.29 is 38.2 Å². The van der Waals surface area contributed by atoms with Crippen molar-refractivity contribution in [1.82, 2.24) is 25.4 Å². The fraction of sp³-hybridized carbons (Fsp3) is 0.490. The van der Waals surface area contributed by atoms with Crippen LogP contribution in [0.5, 0.6) is 5.75 Å². The third kappa shape index (κ3) is 15.1. The number of hydrogen-bond acceptors (Lipinski definition) is 12. The van der Waals surface area contributed by atoms with Crippen LogP contribution in [-0.2, 0) is 48.3 Å². The van der Waals surface area contributed by atoms with Gasteiger partial charge in [-0.2, -0.15) is 0 Å². The van der Waals surface area contributed by atoms with Gasteiger partial charge in [0, 0.05) is 37.9 Å². The standard InChI is InChI=1S/C51H70N6O8S/c1-12-33(4)45(55-50(62)51(7,8)56(9)10)48(60)57(11)42(32(2)3)28-44(65-35(6)58)47-54-41(31-66-47)46(59)53-39(25-34(5)49(61)64-30-37-21-17-14-18-22-37)26-38-23-24-43(40(52)27-38)63-29-36-19-15-13-16-20-36/h13-24,27,31-34,39,42,44-45H,12,25-26,28-30,52H2,1-11H3,(H,53,59)(H,55,62)/t33-,34-,39+,42+,44+,45-/m0/s1. The van der Waals surface area contributed by atoms with Crippen molar-refractivity contribution in [3.05, 3.63) is 112 Å². The minimum atomic E-state index is -0.887. The number of nitrogens with zero attached hydrogens (tertiary/aromatic N) is 3. The van der Waals surface area contributed by atoms with Gasteiger partial charge in [0.1, 0.15) is 35.7 Å². The van der Waals surface area contributed by atoms with E-state index < -0.39 is 53.5 Å². The van der Waals surface area contributed by atoms with Crippen LogP contribution in [0, 0.1) is 17.8 Å². The largest absolute Gasteiger partial charge is 0.487 e. The van der Waals surface area contributed by atoms with Crippen molar-refractivity contribution >= 4 is 46.7 Å². The maximum Gasteiger partial charge on any atom is 0.309 e. The Balaban J connectivity index is 1.55. The van der Waals surface area contributed by atoms with Crippen molar-refractivity contribution in [2.24, 2.45) is 17.8 Å². The molecular formula is C51H70N6O8S. The van der Waals surface area contributed by atoms with Crippen LogP contribution in [0.1, 0.15) is 113 Å². The third-order valence-electron chi connectivity index (χ3n) is 12.2. The van der Waals surface area contributed by atoms with Gasteiger partial charge in [0.05, 0.1) is 17.1 Å². The molecule has 1 aromatic heterocycles.